The highest BCUT2D eigenvalue weighted by Gasteiger charge is 2.26. The number of hydrogen-bond acceptors (Lipinski definition) is 7. The zero-order valence-electron chi connectivity index (χ0n) is 16.7. The summed E-state index contributed by atoms with van der Waals surface area (Å²) >= 11 is 1.65. The highest BCUT2D eigenvalue weighted by atomic mass is 32.2. The Morgan fingerprint density at radius 2 is 1.90 bits per heavy atom. The van der Waals surface area contributed by atoms with E-state index in [0.29, 0.717) is 38.7 Å². The summed E-state index contributed by atoms with van der Waals surface area (Å²) in [5.41, 5.74) is 3.35. The van der Waals surface area contributed by atoms with Crippen LogP contribution < -0.4 is 5.32 Å². The first-order valence-corrected chi connectivity index (χ1v) is 12.1. The number of anilines is 1. The van der Waals surface area contributed by atoms with Gasteiger partial charge in [0.15, 0.2) is 0 Å². The fourth-order valence-corrected chi connectivity index (χ4v) is 5.22. The Morgan fingerprint density at radius 1 is 1.13 bits per heavy atom. The molecule has 30 heavy (non-hydrogen) atoms. The maximum Gasteiger partial charge on any atom is 0.244 e. The van der Waals surface area contributed by atoms with Gasteiger partial charge in [-0.1, -0.05) is 24.3 Å². The van der Waals surface area contributed by atoms with E-state index in [1.54, 1.807) is 23.5 Å². The lowest BCUT2D eigenvalue weighted by molar-refractivity contribution is 0.0730. The van der Waals surface area contributed by atoms with Crippen LogP contribution in [-0.4, -0.2) is 55.5 Å². The van der Waals surface area contributed by atoms with Gasteiger partial charge < -0.3 is 10.1 Å². The number of hydrogen-bond donors (Lipinski definition) is 1. The van der Waals surface area contributed by atoms with Crippen molar-refractivity contribution in [2.75, 3.05) is 38.2 Å². The third-order valence-electron chi connectivity index (χ3n) is 4.93. The summed E-state index contributed by atoms with van der Waals surface area (Å²) in [4.78, 5) is 9.00. The van der Waals surface area contributed by atoms with Crippen molar-refractivity contribution in [1.82, 2.24) is 14.3 Å². The molecule has 3 aromatic rings. The summed E-state index contributed by atoms with van der Waals surface area (Å²) in [7, 11) is -3.51. The van der Waals surface area contributed by atoms with Gasteiger partial charge in [0.25, 0.3) is 0 Å². The average molecular weight is 445 g/mol. The molecule has 1 aromatic carbocycles. The maximum atomic E-state index is 12.6. The van der Waals surface area contributed by atoms with E-state index in [0.717, 1.165) is 22.7 Å². The summed E-state index contributed by atoms with van der Waals surface area (Å²) in [5.74, 6) is 0.658. The van der Waals surface area contributed by atoms with Crippen LogP contribution in [0, 0.1) is 6.92 Å². The highest BCUT2D eigenvalue weighted by Crippen LogP contribution is 2.22. The van der Waals surface area contributed by atoms with Gasteiger partial charge in [-0.2, -0.15) is 4.31 Å². The number of benzene rings is 1. The van der Waals surface area contributed by atoms with Crippen LogP contribution in [0.2, 0.25) is 0 Å². The van der Waals surface area contributed by atoms with Crippen molar-refractivity contribution in [1.29, 1.82) is 0 Å². The molecule has 0 atom stereocenters. The molecule has 7 nitrogen and oxygen atoms in total. The van der Waals surface area contributed by atoms with Crippen molar-refractivity contribution in [3.05, 3.63) is 58.5 Å². The second-order valence-electron chi connectivity index (χ2n) is 7.02. The topological polar surface area (TPSA) is 84.4 Å². The van der Waals surface area contributed by atoms with Gasteiger partial charge in [0, 0.05) is 36.8 Å². The second-order valence-corrected chi connectivity index (χ2v) is 10.0. The number of pyridine rings is 1. The molecular formula is C21H24N4O3S2. The van der Waals surface area contributed by atoms with Gasteiger partial charge in [-0.3, -0.25) is 0 Å². The molecule has 1 aliphatic rings. The molecule has 0 saturated carbocycles. The van der Waals surface area contributed by atoms with E-state index < -0.39 is 10.0 Å². The predicted octanol–water partition coefficient (Wildman–Crippen LogP) is 3.19. The average Bonchev–Trinajstić information content (AvgIpc) is 3.21. The molecule has 1 aliphatic heterocycles. The van der Waals surface area contributed by atoms with E-state index in [1.165, 1.54) is 16.1 Å². The minimum absolute atomic E-state index is 0.211. The number of sulfonamides is 1. The minimum Gasteiger partial charge on any atom is -0.379 e. The van der Waals surface area contributed by atoms with Gasteiger partial charge in [-0.05, 0) is 31.0 Å². The minimum atomic E-state index is -3.51. The number of thiazole rings is 1. The number of nitrogens with zero attached hydrogens (tertiary/aromatic N) is 3. The Labute approximate surface area is 180 Å². The largest absolute Gasteiger partial charge is 0.379 e. The van der Waals surface area contributed by atoms with Crippen LogP contribution in [0.15, 0.2) is 52.9 Å². The molecule has 0 aliphatic carbocycles. The van der Waals surface area contributed by atoms with Crippen LogP contribution in [0.1, 0.15) is 10.6 Å². The third kappa shape index (κ3) is 4.86. The molecule has 0 amide bonds. The number of aryl methyl sites for hydroxylation is 1. The molecule has 158 valence electrons. The fourth-order valence-electron chi connectivity index (χ4n) is 3.25. The van der Waals surface area contributed by atoms with Crippen molar-refractivity contribution in [2.45, 2.75) is 18.2 Å². The van der Waals surface area contributed by atoms with Crippen LogP contribution in [0.4, 0.5) is 5.82 Å². The van der Waals surface area contributed by atoms with Gasteiger partial charge >= 0.3 is 0 Å². The van der Waals surface area contributed by atoms with Crippen molar-refractivity contribution in [3.8, 4) is 11.3 Å². The van der Waals surface area contributed by atoms with Crippen molar-refractivity contribution >= 4 is 27.2 Å². The van der Waals surface area contributed by atoms with E-state index in [9.17, 15) is 8.42 Å². The Balaban J connectivity index is 1.31. The summed E-state index contributed by atoms with van der Waals surface area (Å²) in [6.45, 7) is 4.32. The first kappa shape index (κ1) is 20.9. The van der Waals surface area contributed by atoms with Crippen LogP contribution in [0.3, 0.4) is 0 Å². The van der Waals surface area contributed by atoms with E-state index in [1.807, 2.05) is 6.92 Å². The molecule has 1 fully saturated rings. The van der Waals surface area contributed by atoms with Crippen LogP contribution in [0.25, 0.3) is 11.3 Å². The van der Waals surface area contributed by atoms with Crippen molar-refractivity contribution < 1.29 is 13.2 Å². The number of nitrogens with one attached hydrogen (secondary N) is 1. The number of rotatable bonds is 7. The van der Waals surface area contributed by atoms with Gasteiger partial charge in [-0.25, -0.2) is 18.4 Å². The van der Waals surface area contributed by atoms with E-state index in [-0.39, 0.29) is 4.90 Å². The van der Waals surface area contributed by atoms with E-state index >= 15 is 0 Å². The van der Waals surface area contributed by atoms with Gasteiger partial charge in [0.05, 0.1) is 23.9 Å². The lowest BCUT2D eigenvalue weighted by Crippen LogP contribution is -2.40. The predicted molar refractivity (Wildman–Crippen MR) is 118 cm³/mol. The zero-order chi connectivity index (χ0) is 21.0. The van der Waals surface area contributed by atoms with Crippen molar-refractivity contribution in [3.63, 3.8) is 0 Å². The van der Waals surface area contributed by atoms with Gasteiger partial charge in [0.1, 0.15) is 10.7 Å². The molecule has 2 aromatic heterocycles. The normalized spacial score (nSPS) is 15.2. The standard InChI is InChI=1S/C21H24N4O3S2/c1-16-24-20(15-29-16)18-4-2-17(3-5-18)8-9-22-21-7-6-19(14-23-21)30(26,27)25-10-12-28-13-11-25/h2-7,14-15H,8-13H2,1H3,(H,22,23). The monoisotopic (exact) mass is 444 g/mol. The highest BCUT2D eigenvalue weighted by molar-refractivity contribution is 7.89. The number of ether oxygens (including phenoxy) is 1. The van der Waals surface area contributed by atoms with E-state index in [2.05, 4.69) is 44.9 Å². The molecule has 3 heterocycles. The van der Waals surface area contributed by atoms with Gasteiger partial charge in [-0.15, -0.1) is 11.3 Å². The molecule has 1 saturated heterocycles. The first-order chi connectivity index (χ1) is 14.5. The molecule has 0 radical (unpaired) electrons. The molecular weight excluding hydrogens is 420 g/mol. The summed E-state index contributed by atoms with van der Waals surface area (Å²) in [6.07, 6.45) is 2.25. The lowest BCUT2D eigenvalue weighted by atomic mass is 10.1. The first-order valence-electron chi connectivity index (χ1n) is 9.82. The Bertz CT molecular complexity index is 1070. The second kappa shape index (κ2) is 9.22. The Hall–Kier alpha value is -2.33. The molecule has 1 N–H and O–H groups in total. The maximum absolute atomic E-state index is 12.6. The zero-order valence-corrected chi connectivity index (χ0v) is 18.4. The summed E-state index contributed by atoms with van der Waals surface area (Å²) in [5, 5.41) is 6.39. The van der Waals surface area contributed by atoms with Crippen LogP contribution in [-0.2, 0) is 21.2 Å². The molecule has 9 heteroatoms. The van der Waals surface area contributed by atoms with Crippen LogP contribution >= 0.6 is 11.3 Å². The third-order valence-corrected chi connectivity index (χ3v) is 7.59. The molecule has 0 bridgehead atoms. The summed E-state index contributed by atoms with van der Waals surface area (Å²) < 4.78 is 31.9. The molecule has 0 spiro atoms. The van der Waals surface area contributed by atoms with E-state index in [4.69, 9.17) is 4.74 Å². The van der Waals surface area contributed by atoms with Crippen molar-refractivity contribution in [2.24, 2.45) is 0 Å². The number of aromatic nitrogens is 2. The SMILES string of the molecule is Cc1nc(-c2ccc(CCNc3ccc(S(=O)(=O)N4CCOCC4)cn3)cc2)cs1. The van der Waals surface area contributed by atoms with Crippen LogP contribution in [0.5, 0.6) is 0 Å². The molecule has 0 unspecified atom stereocenters. The smallest absolute Gasteiger partial charge is 0.244 e. The Morgan fingerprint density at radius 3 is 2.53 bits per heavy atom. The Kier molecular flexibility index (Phi) is 6.43. The fraction of sp³-hybridized carbons (Fsp3) is 0.333. The van der Waals surface area contributed by atoms with Gasteiger partial charge in [0.2, 0.25) is 10.0 Å². The molecule has 4 rings (SSSR count). The lowest BCUT2D eigenvalue weighted by Gasteiger charge is -2.25. The summed E-state index contributed by atoms with van der Waals surface area (Å²) in [6, 6.07) is 11.7. The quantitative estimate of drug-likeness (QED) is 0.603. The number of morpholine rings is 1.